The van der Waals surface area contributed by atoms with Crippen molar-refractivity contribution in [1.29, 1.82) is 0 Å². The molecule has 88 valence electrons. The highest BCUT2D eigenvalue weighted by Gasteiger charge is 2.17. The third-order valence-corrected chi connectivity index (χ3v) is 1.94. The van der Waals surface area contributed by atoms with Gasteiger partial charge in [-0.15, -0.1) is 0 Å². The predicted molar refractivity (Wildman–Crippen MR) is 58.7 cm³/mol. The Kier molecular flexibility index (Phi) is 3.66. The maximum absolute atomic E-state index is 11.0. The van der Waals surface area contributed by atoms with E-state index in [0.717, 1.165) is 19.1 Å². The van der Waals surface area contributed by atoms with Crippen molar-refractivity contribution in [2.24, 2.45) is 0 Å². The first-order chi connectivity index (χ1) is 7.91. The van der Waals surface area contributed by atoms with Gasteiger partial charge in [-0.2, -0.15) is 0 Å². The van der Waals surface area contributed by atoms with Crippen molar-refractivity contribution in [2.75, 3.05) is 0 Å². The van der Waals surface area contributed by atoms with E-state index in [1.165, 1.54) is 18.2 Å². The Morgan fingerprint density at radius 3 is 2.41 bits per heavy atom. The Bertz CT molecular complexity index is 505. The van der Waals surface area contributed by atoms with Gasteiger partial charge in [0.2, 0.25) is 5.78 Å². The first-order valence-corrected chi connectivity index (χ1v) is 4.53. The van der Waals surface area contributed by atoms with Crippen molar-refractivity contribution < 1.29 is 14.6 Å². The molecule has 1 rings (SSSR count). The number of nitro benzene ring substituents is 1. The van der Waals surface area contributed by atoms with Gasteiger partial charge in [-0.1, -0.05) is 12.1 Å². The number of non-ortho nitro benzene ring substituents is 1. The molecule has 0 aromatic heterocycles. The molecular weight excluding hydrogens is 228 g/mol. The molecule has 0 unspecified atom stereocenters. The molecule has 0 amide bonds. The van der Waals surface area contributed by atoms with Crippen LogP contribution < -0.4 is 0 Å². The quantitative estimate of drug-likeness (QED) is 0.450. The van der Waals surface area contributed by atoms with E-state index in [-0.39, 0.29) is 11.3 Å². The molecule has 0 radical (unpaired) electrons. The molecule has 7 heteroatoms. The van der Waals surface area contributed by atoms with Gasteiger partial charge in [0.1, 0.15) is 0 Å². The van der Waals surface area contributed by atoms with Crippen LogP contribution in [-0.4, -0.2) is 15.6 Å². The first kappa shape index (κ1) is 12.5. The summed E-state index contributed by atoms with van der Waals surface area (Å²) < 4.78 is 0. The number of rotatable bonds is 4. The lowest BCUT2D eigenvalue weighted by atomic mass is 10.1. The van der Waals surface area contributed by atoms with E-state index in [2.05, 4.69) is 0 Å². The summed E-state index contributed by atoms with van der Waals surface area (Å²) >= 11 is 0. The zero-order valence-corrected chi connectivity index (χ0v) is 8.82. The van der Waals surface area contributed by atoms with Gasteiger partial charge >= 0.3 is 5.70 Å². The summed E-state index contributed by atoms with van der Waals surface area (Å²) in [4.78, 5) is 30.6. The number of nitrogens with zero attached hydrogens (tertiary/aromatic N) is 2. The van der Waals surface area contributed by atoms with E-state index < -0.39 is 21.3 Å². The number of benzene rings is 1. The van der Waals surface area contributed by atoms with E-state index in [4.69, 9.17) is 0 Å². The van der Waals surface area contributed by atoms with Gasteiger partial charge in [-0.3, -0.25) is 25.0 Å². The van der Waals surface area contributed by atoms with Crippen LogP contribution in [0.3, 0.4) is 0 Å². The molecule has 0 bridgehead atoms. The fraction of sp³-hybridized carbons (Fsp3) is 0.100. The normalized spacial score (nSPS) is 11.0. The molecule has 0 fully saturated rings. The average molecular weight is 236 g/mol. The van der Waals surface area contributed by atoms with E-state index in [9.17, 15) is 25.0 Å². The fourth-order valence-electron chi connectivity index (χ4n) is 1.17. The molecule has 0 N–H and O–H groups in total. The minimum absolute atomic E-state index is 0.190. The number of hydrogen-bond donors (Lipinski definition) is 0. The van der Waals surface area contributed by atoms with E-state index >= 15 is 0 Å². The zero-order valence-electron chi connectivity index (χ0n) is 8.82. The minimum Gasteiger partial charge on any atom is -0.288 e. The van der Waals surface area contributed by atoms with Crippen LogP contribution in [0.1, 0.15) is 12.5 Å². The summed E-state index contributed by atoms with van der Waals surface area (Å²) in [7, 11) is 0. The fourth-order valence-corrected chi connectivity index (χ4v) is 1.17. The summed E-state index contributed by atoms with van der Waals surface area (Å²) in [6.45, 7) is 1.06. The smallest absolute Gasteiger partial charge is 0.288 e. The van der Waals surface area contributed by atoms with Crippen molar-refractivity contribution >= 4 is 17.5 Å². The van der Waals surface area contributed by atoms with Crippen LogP contribution in [-0.2, 0) is 4.79 Å². The van der Waals surface area contributed by atoms with Crippen molar-refractivity contribution in [3.8, 4) is 0 Å². The van der Waals surface area contributed by atoms with Gasteiger partial charge in [0.05, 0.1) is 9.85 Å². The zero-order chi connectivity index (χ0) is 13.0. The summed E-state index contributed by atoms with van der Waals surface area (Å²) in [5.74, 6) is -0.707. The molecule has 0 aliphatic carbocycles. The number of ketones is 1. The van der Waals surface area contributed by atoms with E-state index in [1.54, 1.807) is 0 Å². The van der Waals surface area contributed by atoms with Crippen LogP contribution in [0.5, 0.6) is 0 Å². The highest BCUT2D eigenvalue weighted by molar-refractivity contribution is 5.95. The number of hydrogen-bond acceptors (Lipinski definition) is 5. The van der Waals surface area contributed by atoms with E-state index in [1.807, 2.05) is 0 Å². The van der Waals surface area contributed by atoms with Gasteiger partial charge in [-0.25, -0.2) is 0 Å². The van der Waals surface area contributed by atoms with Gasteiger partial charge in [-0.05, 0) is 5.56 Å². The standard InChI is InChI=1S/C10H8N2O5/c1-7(13)10(12(16)17)6-8-3-2-4-9(5-8)11(14)15/h2-6H,1H3/b10-6+. The average Bonchev–Trinajstić information content (AvgIpc) is 2.25. The largest absolute Gasteiger partial charge is 0.312 e. The number of nitro groups is 2. The van der Waals surface area contributed by atoms with E-state index in [0.29, 0.717) is 0 Å². The molecule has 0 aliphatic heterocycles. The summed E-state index contributed by atoms with van der Waals surface area (Å²) in [6, 6.07) is 5.25. The lowest BCUT2D eigenvalue weighted by Gasteiger charge is -1.95. The molecular formula is C10H8N2O5. The van der Waals surface area contributed by atoms with Crippen molar-refractivity contribution in [1.82, 2.24) is 0 Å². The molecule has 1 aromatic rings. The van der Waals surface area contributed by atoms with Crippen molar-refractivity contribution in [3.05, 3.63) is 55.8 Å². The number of allylic oxidation sites excluding steroid dienone is 1. The molecule has 17 heavy (non-hydrogen) atoms. The van der Waals surface area contributed by atoms with Gasteiger partial charge in [0.25, 0.3) is 5.69 Å². The predicted octanol–water partition coefficient (Wildman–Crippen LogP) is 1.80. The number of carbonyl (C=O) groups excluding carboxylic acids is 1. The van der Waals surface area contributed by atoms with Crippen LogP contribution >= 0.6 is 0 Å². The van der Waals surface area contributed by atoms with Gasteiger partial charge < -0.3 is 0 Å². The Morgan fingerprint density at radius 2 is 1.94 bits per heavy atom. The highest BCUT2D eigenvalue weighted by atomic mass is 16.6. The molecule has 0 spiro atoms. The van der Waals surface area contributed by atoms with Crippen LogP contribution in [0.4, 0.5) is 5.69 Å². The SMILES string of the molecule is CC(=O)/C(=C\c1cccc([N+](=O)[O-])c1)[N+](=O)[O-]. The van der Waals surface area contributed by atoms with Crippen molar-refractivity contribution in [3.63, 3.8) is 0 Å². The molecule has 7 nitrogen and oxygen atoms in total. The topological polar surface area (TPSA) is 103 Å². The second-order valence-electron chi connectivity index (χ2n) is 3.19. The molecule has 0 atom stereocenters. The van der Waals surface area contributed by atoms with Crippen molar-refractivity contribution in [2.45, 2.75) is 6.92 Å². The lowest BCUT2D eigenvalue weighted by molar-refractivity contribution is -0.417. The first-order valence-electron chi connectivity index (χ1n) is 4.53. The molecule has 0 saturated carbocycles. The van der Waals surface area contributed by atoms with Crippen LogP contribution in [0, 0.1) is 20.2 Å². The lowest BCUT2D eigenvalue weighted by Crippen LogP contribution is -2.07. The van der Waals surface area contributed by atoms with Crippen LogP contribution in [0.15, 0.2) is 30.0 Å². The van der Waals surface area contributed by atoms with Gasteiger partial charge in [0.15, 0.2) is 0 Å². The Morgan fingerprint density at radius 1 is 1.29 bits per heavy atom. The Labute approximate surface area is 95.7 Å². The minimum atomic E-state index is -0.818. The molecule has 1 aromatic carbocycles. The second kappa shape index (κ2) is 4.97. The maximum Gasteiger partial charge on any atom is 0.312 e. The van der Waals surface area contributed by atoms with Crippen LogP contribution in [0.25, 0.3) is 6.08 Å². The number of Topliss-reactive ketones (excluding diaryl/α,β-unsaturated/α-hetero) is 1. The number of carbonyl (C=O) groups is 1. The Balaban J connectivity index is 3.20. The third-order valence-electron chi connectivity index (χ3n) is 1.94. The molecule has 0 heterocycles. The third kappa shape index (κ3) is 3.20. The monoisotopic (exact) mass is 236 g/mol. The maximum atomic E-state index is 11.0. The summed E-state index contributed by atoms with van der Waals surface area (Å²) in [5.41, 5.74) is -0.559. The van der Waals surface area contributed by atoms with Gasteiger partial charge in [0, 0.05) is 25.1 Å². The summed E-state index contributed by atoms with van der Waals surface area (Å²) in [6.07, 6.45) is 1.01. The summed E-state index contributed by atoms with van der Waals surface area (Å²) in [5, 5.41) is 21.0. The molecule has 0 saturated heterocycles. The van der Waals surface area contributed by atoms with Crippen LogP contribution in [0.2, 0.25) is 0 Å². The Hall–Kier alpha value is -2.57. The highest BCUT2D eigenvalue weighted by Crippen LogP contribution is 2.16. The second-order valence-corrected chi connectivity index (χ2v) is 3.19. The molecule has 0 aliphatic rings.